The van der Waals surface area contributed by atoms with E-state index in [9.17, 15) is 9.18 Å². The molecule has 1 aromatic rings. The number of rotatable bonds is 6. The average molecular weight is 330 g/mol. The Labute approximate surface area is 143 Å². The summed E-state index contributed by atoms with van der Waals surface area (Å²) < 4.78 is 13.6. The summed E-state index contributed by atoms with van der Waals surface area (Å²) >= 11 is 0. The third-order valence-corrected chi connectivity index (χ3v) is 5.91. The molecule has 4 heteroatoms. The Kier molecular flexibility index (Phi) is 4.33. The van der Waals surface area contributed by atoms with Crippen molar-refractivity contribution in [1.82, 2.24) is 9.80 Å². The Bertz CT molecular complexity index is 611. The molecule has 130 valence electrons. The predicted molar refractivity (Wildman–Crippen MR) is 92.0 cm³/mol. The smallest absolute Gasteiger partial charge is 0.237 e. The van der Waals surface area contributed by atoms with Crippen LogP contribution in [0, 0.1) is 11.7 Å². The van der Waals surface area contributed by atoms with E-state index < -0.39 is 0 Å². The summed E-state index contributed by atoms with van der Waals surface area (Å²) in [6, 6.07) is 7.92. The maximum atomic E-state index is 13.6. The molecule has 1 aromatic carbocycles. The number of nitrogens with zero attached hydrogens (tertiary/aromatic N) is 2. The van der Waals surface area contributed by atoms with Gasteiger partial charge in [0.05, 0.1) is 6.54 Å². The monoisotopic (exact) mass is 330 g/mol. The Morgan fingerprint density at radius 3 is 2.75 bits per heavy atom. The van der Waals surface area contributed by atoms with Gasteiger partial charge in [-0.3, -0.25) is 9.69 Å². The van der Waals surface area contributed by atoms with Gasteiger partial charge in [-0.1, -0.05) is 12.1 Å². The summed E-state index contributed by atoms with van der Waals surface area (Å²) in [6.07, 6.45) is 6.96. The maximum Gasteiger partial charge on any atom is 0.237 e. The lowest BCUT2D eigenvalue weighted by atomic mass is 10.0. The molecule has 2 atom stereocenters. The fourth-order valence-electron chi connectivity index (χ4n) is 4.28. The van der Waals surface area contributed by atoms with Crippen molar-refractivity contribution in [2.24, 2.45) is 5.92 Å². The summed E-state index contributed by atoms with van der Waals surface area (Å²) in [6.45, 7) is 3.64. The van der Waals surface area contributed by atoms with E-state index in [-0.39, 0.29) is 17.8 Å². The quantitative estimate of drug-likeness (QED) is 0.793. The van der Waals surface area contributed by atoms with Gasteiger partial charge in [0.15, 0.2) is 0 Å². The highest BCUT2D eigenvalue weighted by atomic mass is 19.1. The molecule has 0 radical (unpaired) electrons. The largest absolute Gasteiger partial charge is 0.336 e. The van der Waals surface area contributed by atoms with E-state index in [0.29, 0.717) is 24.5 Å². The lowest BCUT2D eigenvalue weighted by Gasteiger charge is -2.33. The predicted octanol–water partition coefficient (Wildman–Crippen LogP) is 3.75. The van der Waals surface area contributed by atoms with Crippen LogP contribution in [0.2, 0.25) is 0 Å². The van der Waals surface area contributed by atoms with Gasteiger partial charge in [-0.25, -0.2) is 4.39 Å². The van der Waals surface area contributed by atoms with Crippen molar-refractivity contribution in [3.05, 3.63) is 35.6 Å². The molecule has 3 fully saturated rings. The van der Waals surface area contributed by atoms with Crippen molar-refractivity contribution < 1.29 is 9.18 Å². The van der Waals surface area contributed by atoms with Gasteiger partial charge in [0, 0.05) is 18.1 Å². The first-order chi connectivity index (χ1) is 11.6. The molecule has 2 unspecified atom stereocenters. The Balaban J connectivity index is 1.45. The normalized spacial score (nSPS) is 25.7. The van der Waals surface area contributed by atoms with Crippen molar-refractivity contribution in [2.75, 3.05) is 13.1 Å². The van der Waals surface area contributed by atoms with E-state index >= 15 is 0 Å². The molecule has 1 saturated heterocycles. The van der Waals surface area contributed by atoms with Crippen LogP contribution in [0.5, 0.6) is 0 Å². The summed E-state index contributed by atoms with van der Waals surface area (Å²) in [5.74, 6) is 0.806. The third-order valence-electron chi connectivity index (χ3n) is 5.91. The van der Waals surface area contributed by atoms with Crippen LogP contribution in [0.1, 0.15) is 57.1 Å². The molecule has 0 N–H and O–H groups in total. The van der Waals surface area contributed by atoms with Crippen LogP contribution in [0.15, 0.2) is 24.3 Å². The molecule has 2 saturated carbocycles. The van der Waals surface area contributed by atoms with Gasteiger partial charge in [-0.2, -0.15) is 0 Å². The number of amides is 1. The SMILES string of the molecule is CC(C1CC1)N(C(=O)CN1CCCC1c1cccc(F)c1)C1CC1. The van der Waals surface area contributed by atoms with Crippen molar-refractivity contribution in [3.8, 4) is 0 Å². The van der Waals surface area contributed by atoms with Crippen molar-refractivity contribution in [1.29, 1.82) is 0 Å². The fraction of sp³-hybridized carbons (Fsp3) is 0.650. The van der Waals surface area contributed by atoms with Crippen LogP contribution in [-0.4, -0.2) is 40.9 Å². The highest BCUT2D eigenvalue weighted by Crippen LogP contribution is 2.40. The molecule has 0 aromatic heterocycles. The van der Waals surface area contributed by atoms with E-state index in [0.717, 1.165) is 37.8 Å². The van der Waals surface area contributed by atoms with Crippen LogP contribution >= 0.6 is 0 Å². The zero-order valence-electron chi connectivity index (χ0n) is 14.5. The maximum absolute atomic E-state index is 13.6. The molecule has 2 aliphatic carbocycles. The minimum absolute atomic E-state index is 0.182. The fourth-order valence-corrected chi connectivity index (χ4v) is 4.28. The zero-order valence-corrected chi connectivity index (χ0v) is 14.5. The number of hydrogen-bond donors (Lipinski definition) is 0. The molecule has 3 aliphatic rings. The number of likely N-dealkylation sites (tertiary alicyclic amines) is 1. The Hall–Kier alpha value is -1.42. The van der Waals surface area contributed by atoms with Crippen LogP contribution in [0.3, 0.4) is 0 Å². The summed E-state index contributed by atoms with van der Waals surface area (Å²) in [4.78, 5) is 17.4. The first-order valence-electron chi connectivity index (χ1n) is 9.44. The van der Waals surface area contributed by atoms with E-state index in [4.69, 9.17) is 0 Å². The summed E-state index contributed by atoms with van der Waals surface area (Å²) in [5.41, 5.74) is 1.01. The number of benzene rings is 1. The molecule has 3 nitrogen and oxygen atoms in total. The van der Waals surface area contributed by atoms with Crippen LogP contribution < -0.4 is 0 Å². The van der Waals surface area contributed by atoms with Gasteiger partial charge in [-0.05, 0) is 75.6 Å². The van der Waals surface area contributed by atoms with Crippen LogP contribution in [0.4, 0.5) is 4.39 Å². The third kappa shape index (κ3) is 3.34. The van der Waals surface area contributed by atoms with Gasteiger partial charge in [0.1, 0.15) is 5.82 Å². The van der Waals surface area contributed by atoms with E-state index in [1.165, 1.54) is 18.9 Å². The molecular formula is C20H27FN2O. The van der Waals surface area contributed by atoms with Gasteiger partial charge in [0.25, 0.3) is 0 Å². The highest BCUT2D eigenvalue weighted by Gasteiger charge is 2.42. The average Bonchev–Trinajstić information content (AvgIpc) is 3.46. The first kappa shape index (κ1) is 16.1. The molecule has 0 spiro atoms. The Morgan fingerprint density at radius 1 is 1.29 bits per heavy atom. The topological polar surface area (TPSA) is 23.6 Å². The van der Waals surface area contributed by atoms with E-state index in [1.54, 1.807) is 12.1 Å². The first-order valence-corrected chi connectivity index (χ1v) is 9.44. The molecule has 0 bridgehead atoms. The van der Waals surface area contributed by atoms with Crippen molar-refractivity contribution in [2.45, 2.75) is 63.6 Å². The lowest BCUT2D eigenvalue weighted by molar-refractivity contribution is -0.135. The minimum atomic E-state index is -0.187. The molecule has 1 aliphatic heterocycles. The second-order valence-electron chi connectivity index (χ2n) is 7.79. The number of carbonyl (C=O) groups excluding carboxylic acids is 1. The number of halogens is 1. The zero-order chi connectivity index (χ0) is 16.7. The Morgan fingerprint density at radius 2 is 2.08 bits per heavy atom. The molecule has 1 heterocycles. The van der Waals surface area contributed by atoms with Gasteiger partial charge >= 0.3 is 0 Å². The van der Waals surface area contributed by atoms with Gasteiger partial charge in [0.2, 0.25) is 5.91 Å². The van der Waals surface area contributed by atoms with E-state index in [2.05, 4.69) is 16.7 Å². The standard InChI is InChI=1S/C20H27FN2O/c1-14(15-7-8-15)23(18-9-10-18)20(24)13-22-11-3-6-19(22)16-4-2-5-17(21)12-16/h2,4-5,12,14-15,18-19H,3,6-11,13H2,1H3. The highest BCUT2D eigenvalue weighted by molar-refractivity contribution is 5.79. The number of hydrogen-bond acceptors (Lipinski definition) is 2. The van der Waals surface area contributed by atoms with Crippen LogP contribution in [-0.2, 0) is 4.79 Å². The van der Waals surface area contributed by atoms with Crippen molar-refractivity contribution >= 4 is 5.91 Å². The number of carbonyl (C=O) groups is 1. The second kappa shape index (κ2) is 6.47. The van der Waals surface area contributed by atoms with Gasteiger partial charge < -0.3 is 4.90 Å². The lowest BCUT2D eigenvalue weighted by Crippen LogP contribution is -2.46. The van der Waals surface area contributed by atoms with Gasteiger partial charge in [-0.15, -0.1) is 0 Å². The molecule has 1 amide bonds. The van der Waals surface area contributed by atoms with Crippen LogP contribution in [0.25, 0.3) is 0 Å². The summed E-state index contributed by atoms with van der Waals surface area (Å²) in [7, 11) is 0. The summed E-state index contributed by atoms with van der Waals surface area (Å²) in [5, 5.41) is 0. The molecular weight excluding hydrogens is 303 g/mol. The van der Waals surface area contributed by atoms with E-state index in [1.807, 2.05) is 6.07 Å². The van der Waals surface area contributed by atoms with Crippen molar-refractivity contribution in [3.63, 3.8) is 0 Å². The molecule has 24 heavy (non-hydrogen) atoms. The second-order valence-corrected chi connectivity index (χ2v) is 7.79. The minimum Gasteiger partial charge on any atom is -0.336 e. The molecule has 4 rings (SSSR count).